The third-order valence-corrected chi connectivity index (χ3v) is 1.95. The zero-order chi connectivity index (χ0) is 12.1. The maximum atomic E-state index is 11.5. The number of carboxylic acids is 1. The van der Waals surface area contributed by atoms with Crippen molar-refractivity contribution in [3.05, 3.63) is 30.1 Å². The summed E-state index contributed by atoms with van der Waals surface area (Å²) in [6.07, 6.45) is 1.55. The molecule has 1 aromatic rings. The Kier molecular flexibility index (Phi) is 3.96. The summed E-state index contributed by atoms with van der Waals surface area (Å²) in [5.41, 5.74) is 0.217. The second-order valence-electron chi connectivity index (χ2n) is 3.25. The Balaban J connectivity index is 2.74. The van der Waals surface area contributed by atoms with Gasteiger partial charge in [0.05, 0.1) is 23.7 Å². The normalized spacial score (nSPS) is 13.9. The lowest BCUT2D eigenvalue weighted by molar-refractivity contribution is -0.310. The molecular weight excluding hydrogens is 212 g/mol. The van der Waals surface area contributed by atoms with Gasteiger partial charge in [-0.15, -0.1) is 0 Å². The van der Waals surface area contributed by atoms with Crippen molar-refractivity contribution in [3.63, 3.8) is 0 Å². The second-order valence-corrected chi connectivity index (χ2v) is 3.25. The van der Waals surface area contributed by atoms with E-state index in [1.54, 1.807) is 6.07 Å². The van der Waals surface area contributed by atoms with Crippen LogP contribution in [0.5, 0.6) is 0 Å². The zero-order valence-electron chi connectivity index (χ0n) is 8.58. The third kappa shape index (κ3) is 3.03. The number of pyridine rings is 1. The zero-order valence-corrected chi connectivity index (χ0v) is 8.58. The molecule has 6 heteroatoms. The lowest BCUT2D eigenvalue weighted by Gasteiger charge is -2.22. The van der Waals surface area contributed by atoms with Gasteiger partial charge in [-0.1, -0.05) is 0 Å². The highest BCUT2D eigenvalue weighted by Crippen LogP contribution is 1.98. The lowest BCUT2D eigenvalue weighted by Crippen LogP contribution is -2.53. The van der Waals surface area contributed by atoms with Gasteiger partial charge in [-0.25, -0.2) is 0 Å². The summed E-state index contributed by atoms with van der Waals surface area (Å²) < 4.78 is 0. The number of aromatic nitrogens is 1. The molecular formula is C10H11N2O4-. The van der Waals surface area contributed by atoms with E-state index < -0.39 is 24.0 Å². The van der Waals surface area contributed by atoms with E-state index in [0.717, 1.165) is 0 Å². The Morgan fingerprint density at radius 1 is 1.56 bits per heavy atom. The van der Waals surface area contributed by atoms with E-state index in [-0.39, 0.29) is 5.56 Å². The summed E-state index contributed by atoms with van der Waals surface area (Å²) in [6, 6.07) is 1.59. The molecule has 0 saturated carbocycles. The molecule has 0 radical (unpaired) electrons. The Hall–Kier alpha value is -1.95. The third-order valence-electron chi connectivity index (χ3n) is 1.95. The number of carboxylic acid groups (broad SMARTS) is 1. The Morgan fingerprint density at radius 3 is 2.69 bits per heavy atom. The molecule has 16 heavy (non-hydrogen) atoms. The average Bonchev–Trinajstić information content (AvgIpc) is 2.25. The molecule has 1 aromatic heterocycles. The lowest BCUT2D eigenvalue weighted by atomic mass is 10.1. The molecule has 0 aliphatic carbocycles. The van der Waals surface area contributed by atoms with E-state index in [0.29, 0.717) is 0 Å². The average molecular weight is 223 g/mol. The molecule has 0 saturated heterocycles. The van der Waals surface area contributed by atoms with Crippen molar-refractivity contribution >= 4 is 11.9 Å². The molecule has 86 valence electrons. The van der Waals surface area contributed by atoms with Gasteiger partial charge in [0.25, 0.3) is 5.91 Å². The number of amides is 1. The Bertz CT molecular complexity index is 378. The van der Waals surface area contributed by atoms with Crippen molar-refractivity contribution in [2.45, 2.75) is 19.1 Å². The van der Waals surface area contributed by atoms with Crippen LogP contribution in [-0.2, 0) is 4.79 Å². The first-order valence-electron chi connectivity index (χ1n) is 4.62. The van der Waals surface area contributed by atoms with Crippen LogP contribution in [0.2, 0.25) is 0 Å². The summed E-state index contributed by atoms with van der Waals surface area (Å²) in [4.78, 5) is 25.8. The van der Waals surface area contributed by atoms with Crippen LogP contribution < -0.4 is 10.4 Å². The topological polar surface area (TPSA) is 102 Å². The number of hydrogen-bond donors (Lipinski definition) is 2. The van der Waals surface area contributed by atoms with E-state index in [1.165, 1.54) is 25.4 Å². The van der Waals surface area contributed by atoms with Crippen molar-refractivity contribution in [3.8, 4) is 0 Å². The number of hydrogen-bond acceptors (Lipinski definition) is 5. The van der Waals surface area contributed by atoms with Crippen molar-refractivity contribution in [2.75, 3.05) is 0 Å². The number of rotatable bonds is 4. The first-order chi connectivity index (χ1) is 7.52. The van der Waals surface area contributed by atoms with Crippen LogP contribution in [0.3, 0.4) is 0 Å². The summed E-state index contributed by atoms with van der Waals surface area (Å²) in [5.74, 6) is -2.16. The maximum Gasteiger partial charge on any atom is 0.253 e. The molecule has 1 heterocycles. The number of aliphatic hydroxyl groups is 1. The number of aliphatic carboxylic acids is 1. The SMILES string of the molecule is CC(O)C(NC(=O)c1cccnc1)C(=O)[O-]. The van der Waals surface area contributed by atoms with Gasteiger partial charge in [0.2, 0.25) is 0 Å². The quantitative estimate of drug-likeness (QED) is 0.634. The van der Waals surface area contributed by atoms with Crippen molar-refractivity contribution < 1.29 is 19.8 Å². The first kappa shape index (κ1) is 12.1. The molecule has 1 rings (SSSR count). The molecule has 0 bridgehead atoms. The summed E-state index contributed by atoms with van der Waals surface area (Å²) in [5, 5.41) is 21.9. The van der Waals surface area contributed by atoms with Crippen molar-refractivity contribution in [1.82, 2.24) is 10.3 Å². The highest BCUT2D eigenvalue weighted by atomic mass is 16.4. The van der Waals surface area contributed by atoms with Gasteiger partial charge in [0.1, 0.15) is 0 Å². The van der Waals surface area contributed by atoms with Crippen molar-refractivity contribution in [1.29, 1.82) is 0 Å². The molecule has 0 aromatic carbocycles. The van der Waals surface area contributed by atoms with Gasteiger partial charge in [0.15, 0.2) is 0 Å². The molecule has 0 aliphatic rings. The standard InChI is InChI=1S/C10H12N2O4/c1-6(13)8(10(15)16)12-9(14)7-3-2-4-11-5-7/h2-6,8,13H,1H3,(H,12,14)(H,15,16)/p-1. The van der Waals surface area contributed by atoms with Gasteiger partial charge in [-0.3, -0.25) is 9.78 Å². The molecule has 0 spiro atoms. The minimum absolute atomic E-state index is 0.217. The summed E-state index contributed by atoms with van der Waals surface area (Å²) in [7, 11) is 0. The first-order valence-corrected chi connectivity index (χ1v) is 4.62. The van der Waals surface area contributed by atoms with E-state index in [1.807, 2.05) is 0 Å². The highest BCUT2D eigenvalue weighted by Gasteiger charge is 2.19. The van der Waals surface area contributed by atoms with Crippen LogP contribution in [0, 0.1) is 0 Å². The largest absolute Gasteiger partial charge is 0.548 e. The number of carbonyl (C=O) groups excluding carboxylic acids is 2. The molecule has 6 nitrogen and oxygen atoms in total. The second kappa shape index (κ2) is 5.22. The molecule has 2 atom stereocenters. The van der Waals surface area contributed by atoms with Crippen LogP contribution in [0.1, 0.15) is 17.3 Å². The van der Waals surface area contributed by atoms with E-state index in [4.69, 9.17) is 5.11 Å². The van der Waals surface area contributed by atoms with Crippen LogP contribution in [0.15, 0.2) is 24.5 Å². The fraction of sp³-hybridized carbons (Fsp3) is 0.300. The van der Waals surface area contributed by atoms with E-state index >= 15 is 0 Å². The number of nitrogens with zero attached hydrogens (tertiary/aromatic N) is 1. The minimum atomic E-state index is -1.53. The molecule has 1 amide bonds. The van der Waals surface area contributed by atoms with Gasteiger partial charge >= 0.3 is 0 Å². The number of carbonyl (C=O) groups is 2. The number of aliphatic hydroxyl groups excluding tert-OH is 1. The van der Waals surface area contributed by atoms with Gasteiger partial charge < -0.3 is 20.3 Å². The van der Waals surface area contributed by atoms with Gasteiger partial charge in [-0.05, 0) is 19.1 Å². The van der Waals surface area contributed by atoms with Crippen LogP contribution in [-0.4, -0.2) is 34.1 Å². The van der Waals surface area contributed by atoms with Crippen LogP contribution in [0.25, 0.3) is 0 Å². The smallest absolute Gasteiger partial charge is 0.253 e. The van der Waals surface area contributed by atoms with Gasteiger partial charge in [0, 0.05) is 12.4 Å². The predicted molar refractivity (Wildman–Crippen MR) is 52.2 cm³/mol. The van der Waals surface area contributed by atoms with Crippen LogP contribution >= 0.6 is 0 Å². The monoisotopic (exact) mass is 223 g/mol. The maximum absolute atomic E-state index is 11.5. The Morgan fingerprint density at radius 2 is 2.25 bits per heavy atom. The summed E-state index contributed by atoms with van der Waals surface area (Å²) in [6.45, 7) is 1.25. The molecule has 2 N–H and O–H groups in total. The van der Waals surface area contributed by atoms with E-state index in [2.05, 4.69) is 10.3 Å². The predicted octanol–water partition coefficient (Wildman–Crippen LogP) is -1.69. The molecule has 0 aliphatic heterocycles. The van der Waals surface area contributed by atoms with Crippen molar-refractivity contribution in [2.24, 2.45) is 0 Å². The summed E-state index contributed by atoms with van der Waals surface area (Å²) >= 11 is 0. The molecule has 0 fully saturated rings. The highest BCUT2D eigenvalue weighted by molar-refractivity contribution is 5.96. The minimum Gasteiger partial charge on any atom is -0.548 e. The fourth-order valence-electron chi connectivity index (χ4n) is 1.10. The van der Waals surface area contributed by atoms with Crippen LogP contribution in [0.4, 0.5) is 0 Å². The molecule has 2 unspecified atom stereocenters. The fourth-order valence-corrected chi connectivity index (χ4v) is 1.10. The Labute approximate surface area is 91.9 Å². The van der Waals surface area contributed by atoms with E-state index in [9.17, 15) is 14.7 Å². The van der Waals surface area contributed by atoms with Gasteiger partial charge in [-0.2, -0.15) is 0 Å². The number of nitrogens with one attached hydrogen (secondary N) is 1.